The second kappa shape index (κ2) is 7.61. The van der Waals surface area contributed by atoms with Crippen LogP contribution >= 0.6 is 0 Å². The van der Waals surface area contributed by atoms with E-state index in [1.807, 2.05) is 6.92 Å². The van der Waals surface area contributed by atoms with E-state index in [-0.39, 0.29) is 16.8 Å². The van der Waals surface area contributed by atoms with Gasteiger partial charge in [-0.05, 0) is 32.0 Å². The number of hydrogen-bond acceptors (Lipinski definition) is 4. The SMILES string of the molecule is CCC(CC)CN(CC)C(=O)c1ccc(S(=O)(=O)NC)o1. The number of furan rings is 1. The maximum absolute atomic E-state index is 12.4. The minimum atomic E-state index is -3.66. The lowest BCUT2D eigenvalue weighted by Gasteiger charge is -2.24. The van der Waals surface area contributed by atoms with Crippen LogP contribution in [0.2, 0.25) is 0 Å². The molecule has 7 heteroatoms. The standard InChI is InChI=1S/C14H24N2O4S/c1-5-11(6-2)10-16(7-3)14(17)12-8-9-13(20-12)21(18,19)15-4/h8-9,11,15H,5-7,10H2,1-4H3. The fourth-order valence-corrected chi connectivity index (χ4v) is 2.70. The van der Waals surface area contributed by atoms with Crippen LogP contribution in [-0.4, -0.2) is 39.4 Å². The molecule has 0 spiro atoms. The number of carbonyl (C=O) groups excluding carboxylic acids is 1. The van der Waals surface area contributed by atoms with Gasteiger partial charge in [-0.1, -0.05) is 26.7 Å². The lowest BCUT2D eigenvalue weighted by atomic mass is 10.0. The number of amides is 1. The molecule has 21 heavy (non-hydrogen) atoms. The van der Waals surface area contributed by atoms with E-state index in [0.29, 0.717) is 19.0 Å². The summed E-state index contributed by atoms with van der Waals surface area (Å²) < 4.78 is 30.6. The predicted octanol–water partition coefficient (Wildman–Crippen LogP) is 2.09. The summed E-state index contributed by atoms with van der Waals surface area (Å²) in [5.41, 5.74) is 0. The van der Waals surface area contributed by atoms with Crippen molar-refractivity contribution in [3.05, 3.63) is 17.9 Å². The Labute approximate surface area is 126 Å². The van der Waals surface area contributed by atoms with Crippen LogP contribution in [0, 0.1) is 5.92 Å². The molecular formula is C14H24N2O4S. The van der Waals surface area contributed by atoms with Crippen molar-refractivity contribution in [1.29, 1.82) is 0 Å². The van der Waals surface area contributed by atoms with Crippen molar-refractivity contribution < 1.29 is 17.6 Å². The Bertz CT molecular complexity index is 561. The second-order valence-electron chi connectivity index (χ2n) is 4.85. The number of rotatable bonds is 8. The smallest absolute Gasteiger partial charge is 0.289 e. The molecule has 0 aliphatic heterocycles. The summed E-state index contributed by atoms with van der Waals surface area (Å²) in [7, 11) is -2.37. The topological polar surface area (TPSA) is 79.6 Å². The Morgan fingerprint density at radius 1 is 1.29 bits per heavy atom. The van der Waals surface area contributed by atoms with E-state index < -0.39 is 10.0 Å². The monoisotopic (exact) mass is 316 g/mol. The van der Waals surface area contributed by atoms with Gasteiger partial charge in [0, 0.05) is 13.1 Å². The highest BCUT2D eigenvalue weighted by Crippen LogP contribution is 2.17. The first-order valence-corrected chi connectivity index (χ1v) is 8.70. The molecule has 0 aliphatic carbocycles. The summed E-state index contributed by atoms with van der Waals surface area (Å²) in [5, 5.41) is -0.244. The van der Waals surface area contributed by atoms with Gasteiger partial charge in [0.05, 0.1) is 0 Å². The number of nitrogens with zero attached hydrogens (tertiary/aromatic N) is 1. The number of hydrogen-bond donors (Lipinski definition) is 1. The summed E-state index contributed by atoms with van der Waals surface area (Å²) in [6.45, 7) is 7.30. The van der Waals surface area contributed by atoms with E-state index >= 15 is 0 Å². The van der Waals surface area contributed by atoms with Crippen molar-refractivity contribution in [1.82, 2.24) is 9.62 Å². The maximum Gasteiger partial charge on any atom is 0.289 e. The second-order valence-corrected chi connectivity index (χ2v) is 6.67. The molecule has 1 aromatic heterocycles. The quantitative estimate of drug-likeness (QED) is 0.796. The zero-order valence-corrected chi connectivity index (χ0v) is 13.9. The van der Waals surface area contributed by atoms with Gasteiger partial charge in [-0.2, -0.15) is 0 Å². The molecule has 1 aromatic rings. The van der Waals surface area contributed by atoms with Crippen molar-refractivity contribution in [3.8, 4) is 0 Å². The van der Waals surface area contributed by atoms with Crippen LogP contribution < -0.4 is 4.72 Å². The average Bonchev–Trinajstić information content (AvgIpc) is 2.98. The Kier molecular flexibility index (Phi) is 6.42. The van der Waals surface area contributed by atoms with Gasteiger partial charge in [-0.3, -0.25) is 4.79 Å². The molecular weight excluding hydrogens is 292 g/mol. The van der Waals surface area contributed by atoms with Crippen LogP contribution in [-0.2, 0) is 10.0 Å². The molecule has 1 heterocycles. The minimum Gasteiger partial charge on any atom is -0.438 e. The first kappa shape index (κ1) is 17.7. The van der Waals surface area contributed by atoms with Crippen LogP contribution in [0.1, 0.15) is 44.2 Å². The van der Waals surface area contributed by atoms with E-state index in [9.17, 15) is 13.2 Å². The zero-order valence-electron chi connectivity index (χ0n) is 13.0. The van der Waals surface area contributed by atoms with Crippen molar-refractivity contribution >= 4 is 15.9 Å². The zero-order chi connectivity index (χ0) is 16.0. The molecule has 0 saturated carbocycles. The Morgan fingerprint density at radius 3 is 2.38 bits per heavy atom. The van der Waals surface area contributed by atoms with Crippen LogP contribution in [0.3, 0.4) is 0 Å². The van der Waals surface area contributed by atoms with Gasteiger partial charge in [0.2, 0.25) is 5.09 Å². The highest BCUT2D eigenvalue weighted by atomic mass is 32.2. The summed E-state index contributed by atoms with van der Waals surface area (Å²) >= 11 is 0. The van der Waals surface area contributed by atoms with Crippen molar-refractivity contribution in [2.45, 2.75) is 38.7 Å². The molecule has 0 unspecified atom stereocenters. The third kappa shape index (κ3) is 4.31. The summed E-state index contributed by atoms with van der Waals surface area (Å²) in [4.78, 5) is 14.1. The van der Waals surface area contributed by atoms with E-state index in [1.165, 1.54) is 19.2 Å². The summed E-state index contributed by atoms with van der Waals surface area (Å²) in [5.74, 6) is 0.211. The fourth-order valence-electron chi connectivity index (χ4n) is 2.05. The lowest BCUT2D eigenvalue weighted by molar-refractivity contribution is 0.0697. The normalized spacial score (nSPS) is 11.9. The summed E-state index contributed by atoms with van der Waals surface area (Å²) in [6, 6.07) is 2.70. The van der Waals surface area contributed by atoms with Crippen molar-refractivity contribution in [3.63, 3.8) is 0 Å². The molecule has 1 N–H and O–H groups in total. The van der Waals surface area contributed by atoms with E-state index in [1.54, 1.807) is 4.90 Å². The van der Waals surface area contributed by atoms with Gasteiger partial charge >= 0.3 is 0 Å². The lowest BCUT2D eigenvalue weighted by Crippen LogP contribution is -2.34. The number of carbonyl (C=O) groups is 1. The molecule has 6 nitrogen and oxygen atoms in total. The number of nitrogens with one attached hydrogen (secondary N) is 1. The van der Waals surface area contributed by atoms with Crippen LogP contribution in [0.25, 0.3) is 0 Å². The third-order valence-electron chi connectivity index (χ3n) is 3.63. The number of sulfonamides is 1. The van der Waals surface area contributed by atoms with Crippen LogP contribution in [0.5, 0.6) is 0 Å². The third-order valence-corrected chi connectivity index (χ3v) is 4.91. The van der Waals surface area contributed by atoms with Gasteiger partial charge in [0.25, 0.3) is 15.9 Å². The van der Waals surface area contributed by atoms with Crippen molar-refractivity contribution in [2.75, 3.05) is 20.1 Å². The Morgan fingerprint density at radius 2 is 1.90 bits per heavy atom. The van der Waals surface area contributed by atoms with Gasteiger partial charge in [0.15, 0.2) is 5.76 Å². The first-order chi connectivity index (χ1) is 9.89. The molecule has 0 bridgehead atoms. The van der Waals surface area contributed by atoms with E-state index in [4.69, 9.17) is 4.42 Å². The minimum absolute atomic E-state index is 0.0524. The van der Waals surface area contributed by atoms with Gasteiger partial charge < -0.3 is 9.32 Å². The molecule has 1 rings (SSSR count). The molecule has 0 aliphatic rings. The average molecular weight is 316 g/mol. The molecule has 0 saturated heterocycles. The van der Waals surface area contributed by atoms with E-state index in [2.05, 4.69) is 18.6 Å². The highest BCUT2D eigenvalue weighted by Gasteiger charge is 2.23. The van der Waals surface area contributed by atoms with Gasteiger partial charge in [-0.15, -0.1) is 0 Å². The van der Waals surface area contributed by atoms with Gasteiger partial charge in [0.1, 0.15) is 0 Å². The molecule has 120 valence electrons. The Hall–Kier alpha value is -1.34. The first-order valence-electron chi connectivity index (χ1n) is 7.22. The molecule has 0 aromatic carbocycles. The summed E-state index contributed by atoms with van der Waals surface area (Å²) in [6.07, 6.45) is 2.00. The Balaban J connectivity index is 2.91. The predicted molar refractivity (Wildman–Crippen MR) is 80.6 cm³/mol. The highest BCUT2D eigenvalue weighted by molar-refractivity contribution is 7.89. The van der Waals surface area contributed by atoms with Gasteiger partial charge in [-0.25, -0.2) is 13.1 Å². The fraction of sp³-hybridized carbons (Fsp3) is 0.643. The van der Waals surface area contributed by atoms with E-state index in [0.717, 1.165) is 12.8 Å². The maximum atomic E-state index is 12.4. The largest absolute Gasteiger partial charge is 0.438 e. The molecule has 0 radical (unpaired) electrons. The van der Waals surface area contributed by atoms with Crippen molar-refractivity contribution in [2.24, 2.45) is 5.92 Å². The molecule has 0 fully saturated rings. The molecule has 0 atom stereocenters. The van der Waals surface area contributed by atoms with Crippen LogP contribution in [0.4, 0.5) is 0 Å². The molecule has 1 amide bonds. The van der Waals surface area contributed by atoms with Crippen LogP contribution in [0.15, 0.2) is 21.6 Å².